The Labute approximate surface area is 156 Å². The van der Waals surface area contributed by atoms with Crippen LogP contribution in [0.25, 0.3) is 0 Å². The van der Waals surface area contributed by atoms with Gasteiger partial charge in [0.2, 0.25) is 17.7 Å². The van der Waals surface area contributed by atoms with Gasteiger partial charge in [-0.05, 0) is 30.3 Å². The first-order valence-corrected chi connectivity index (χ1v) is 8.53. The number of methoxy groups -OCH3 is 1. The van der Waals surface area contributed by atoms with Gasteiger partial charge < -0.3 is 24.7 Å². The maximum Gasteiger partial charge on any atom is 0.229 e. The van der Waals surface area contributed by atoms with Crippen LogP contribution in [0.1, 0.15) is 19.1 Å². The average Bonchev–Trinajstić information content (AvgIpc) is 3.25. The summed E-state index contributed by atoms with van der Waals surface area (Å²) in [5, 5.41) is 5.46. The number of carbonyl (C=O) groups is 3. The van der Waals surface area contributed by atoms with Gasteiger partial charge in [-0.25, -0.2) is 0 Å². The minimum atomic E-state index is -0.446. The summed E-state index contributed by atoms with van der Waals surface area (Å²) in [7, 11) is 1.50. The molecule has 27 heavy (non-hydrogen) atoms. The predicted molar refractivity (Wildman–Crippen MR) is 98.2 cm³/mol. The number of hydrogen-bond acceptors (Lipinski definition) is 5. The third-order valence-electron chi connectivity index (χ3n) is 4.29. The van der Waals surface area contributed by atoms with Crippen molar-refractivity contribution in [3.63, 3.8) is 0 Å². The topological polar surface area (TPSA) is 101 Å². The molecule has 8 heteroatoms. The number of amides is 3. The molecule has 0 aliphatic carbocycles. The van der Waals surface area contributed by atoms with Crippen LogP contribution < -0.4 is 15.4 Å². The third kappa shape index (κ3) is 4.46. The number of benzene rings is 1. The Kier molecular flexibility index (Phi) is 5.44. The summed E-state index contributed by atoms with van der Waals surface area (Å²) >= 11 is 0. The molecule has 3 rings (SSSR count). The van der Waals surface area contributed by atoms with Crippen LogP contribution in [0.2, 0.25) is 0 Å². The van der Waals surface area contributed by atoms with Crippen LogP contribution in [0.4, 0.5) is 11.4 Å². The minimum absolute atomic E-state index is 0.0831. The smallest absolute Gasteiger partial charge is 0.229 e. The van der Waals surface area contributed by atoms with Crippen LogP contribution in [0.5, 0.6) is 5.75 Å². The van der Waals surface area contributed by atoms with E-state index in [-0.39, 0.29) is 24.1 Å². The van der Waals surface area contributed by atoms with Crippen LogP contribution in [-0.2, 0) is 20.9 Å². The van der Waals surface area contributed by atoms with Crippen molar-refractivity contribution in [1.82, 2.24) is 4.90 Å². The van der Waals surface area contributed by atoms with Gasteiger partial charge >= 0.3 is 0 Å². The first-order valence-electron chi connectivity index (χ1n) is 8.53. The molecular weight excluding hydrogens is 350 g/mol. The number of furan rings is 1. The summed E-state index contributed by atoms with van der Waals surface area (Å²) in [6.45, 7) is 2.08. The fraction of sp³-hybridized carbons (Fsp3) is 0.316. The monoisotopic (exact) mass is 371 g/mol. The van der Waals surface area contributed by atoms with Gasteiger partial charge in [-0.15, -0.1) is 0 Å². The average molecular weight is 371 g/mol. The molecule has 3 amide bonds. The summed E-state index contributed by atoms with van der Waals surface area (Å²) in [6, 6.07) is 8.51. The summed E-state index contributed by atoms with van der Waals surface area (Å²) in [6.07, 6.45) is 1.71. The maximum absolute atomic E-state index is 12.6. The van der Waals surface area contributed by atoms with E-state index in [1.165, 1.54) is 14.0 Å². The van der Waals surface area contributed by atoms with Gasteiger partial charge in [0.25, 0.3) is 0 Å². The second-order valence-electron chi connectivity index (χ2n) is 6.34. The summed E-state index contributed by atoms with van der Waals surface area (Å²) in [5.41, 5.74) is 0.978. The molecule has 1 atom stereocenters. The zero-order chi connectivity index (χ0) is 19.4. The highest BCUT2D eigenvalue weighted by atomic mass is 16.5. The van der Waals surface area contributed by atoms with E-state index in [1.54, 1.807) is 41.5 Å². The van der Waals surface area contributed by atoms with Crippen molar-refractivity contribution in [2.45, 2.75) is 19.9 Å². The van der Waals surface area contributed by atoms with Gasteiger partial charge in [-0.1, -0.05) is 0 Å². The van der Waals surface area contributed by atoms with Crippen molar-refractivity contribution >= 4 is 29.1 Å². The molecular formula is C19H21N3O5. The van der Waals surface area contributed by atoms with E-state index in [9.17, 15) is 14.4 Å². The predicted octanol–water partition coefficient (Wildman–Crippen LogP) is 2.23. The summed E-state index contributed by atoms with van der Waals surface area (Å²) in [4.78, 5) is 37.7. The normalized spacial score (nSPS) is 16.3. The number of nitrogens with one attached hydrogen (secondary N) is 2. The molecule has 0 saturated carbocycles. The van der Waals surface area contributed by atoms with E-state index in [0.717, 1.165) is 0 Å². The standard InChI is InChI=1S/C19H21N3O5/c1-12(23)20-16-9-14(5-6-17(16)26-2)21-19(25)13-8-18(24)22(10-13)11-15-4-3-7-27-15/h3-7,9,13H,8,10-11H2,1-2H3,(H,20,23)(H,21,25). The fourth-order valence-electron chi connectivity index (χ4n) is 3.01. The second-order valence-corrected chi connectivity index (χ2v) is 6.34. The number of ether oxygens (including phenoxy) is 1. The van der Waals surface area contributed by atoms with E-state index in [1.807, 2.05) is 0 Å². The molecule has 0 bridgehead atoms. The van der Waals surface area contributed by atoms with Crippen LogP contribution in [-0.4, -0.2) is 36.3 Å². The summed E-state index contributed by atoms with van der Waals surface area (Å²) in [5.74, 6) is 0.151. The van der Waals surface area contributed by atoms with Crippen molar-refractivity contribution < 1.29 is 23.5 Å². The zero-order valence-electron chi connectivity index (χ0n) is 15.2. The van der Waals surface area contributed by atoms with Gasteiger partial charge in [0, 0.05) is 25.6 Å². The lowest BCUT2D eigenvalue weighted by Crippen LogP contribution is -2.27. The van der Waals surface area contributed by atoms with Crippen LogP contribution in [0.15, 0.2) is 41.0 Å². The molecule has 1 aliphatic heterocycles. The second kappa shape index (κ2) is 7.94. The van der Waals surface area contributed by atoms with Crippen molar-refractivity contribution in [3.8, 4) is 5.75 Å². The van der Waals surface area contributed by atoms with Crippen LogP contribution >= 0.6 is 0 Å². The highest BCUT2D eigenvalue weighted by Crippen LogP contribution is 2.29. The van der Waals surface area contributed by atoms with E-state index >= 15 is 0 Å². The number of nitrogens with zero attached hydrogens (tertiary/aromatic N) is 1. The van der Waals surface area contributed by atoms with Crippen molar-refractivity contribution in [1.29, 1.82) is 0 Å². The van der Waals surface area contributed by atoms with Crippen molar-refractivity contribution in [2.75, 3.05) is 24.3 Å². The lowest BCUT2D eigenvalue weighted by molar-refractivity contribution is -0.128. The molecule has 142 valence electrons. The van der Waals surface area contributed by atoms with E-state index in [0.29, 0.717) is 36.0 Å². The van der Waals surface area contributed by atoms with Gasteiger partial charge in [0.05, 0.1) is 31.5 Å². The lowest BCUT2D eigenvalue weighted by Gasteiger charge is -2.16. The third-order valence-corrected chi connectivity index (χ3v) is 4.29. The van der Waals surface area contributed by atoms with Gasteiger partial charge in [-0.2, -0.15) is 0 Å². The Balaban J connectivity index is 1.65. The first kappa shape index (κ1) is 18.5. The number of carbonyl (C=O) groups excluding carboxylic acids is 3. The maximum atomic E-state index is 12.6. The minimum Gasteiger partial charge on any atom is -0.495 e. The molecule has 1 unspecified atom stereocenters. The van der Waals surface area contributed by atoms with Crippen LogP contribution in [0.3, 0.4) is 0 Å². The lowest BCUT2D eigenvalue weighted by atomic mass is 10.1. The quantitative estimate of drug-likeness (QED) is 0.811. The Morgan fingerprint density at radius 1 is 1.30 bits per heavy atom. The van der Waals surface area contributed by atoms with Crippen molar-refractivity contribution in [3.05, 3.63) is 42.4 Å². The number of likely N-dealkylation sites (tertiary alicyclic amines) is 1. The Bertz CT molecular complexity index is 847. The Hall–Kier alpha value is -3.29. The molecule has 1 aliphatic rings. The molecule has 2 heterocycles. The largest absolute Gasteiger partial charge is 0.495 e. The zero-order valence-corrected chi connectivity index (χ0v) is 15.2. The molecule has 0 spiro atoms. The summed E-state index contributed by atoms with van der Waals surface area (Å²) < 4.78 is 10.5. The molecule has 1 aromatic carbocycles. The molecule has 0 radical (unpaired) electrons. The highest BCUT2D eigenvalue weighted by Gasteiger charge is 2.34. The van der Waals surface area contributed by atoms with Gasteiger partial charge in [0.15, 0.2) is 0 Å². The number of rotatable bonds is 6. The Morgan fingerprint density at radius 3 is 2.78 bits per heavy atom. The van der Waals surface area contributed by atoms with Crippen molar-refractivity contribution in [2.24, 2.45) is 5.92 Å². The molecule has 1 fully saturated rings. The molecule has 2 aromatic rings. The molecule has 2 N–H and O–H groups in total. The number of anilines is 2. The van der Waals surface area contributed by atoms with E-state index in [4.69, 9.17) is 9.15 Å². The van der Waals surface area contributed by atoms with E-state index < -0.39 is 5.92 Å². The highest BCUT2D eigenvalue weighted by molar-refractivity contribution is 5.98. The molecule has 8 nitrogen and oxygen atoms in total. The fourth-order valence-corrected chi connectivity index (χ4v) is 3.01. The number of hydrogen-bond donors (Lipinski definition) is 2. The Morgan fingerprint density at radius 2 is 2.11 bits per heavy atom. The van der Waals surface area contributed by atoms with Gasteiger partial charge in [-0.3, -0.25) is 14.4 Å². The van der Waals surface area contributed by atoms with Crippen LogP contribution in [0, 0.1) is 5.92 Å². The van der Waals surface area contributed by atoms with E-state index in [2.05, 4.69) is 10.6 Å². The SMILES string of the molecule is COc1ccc(NC(=O)C2CC(=O)N(Cc3ccco3)C2)cc1NC(C)=O. The molecule has 1 aromatic heterocycles. The van der Waals surface area contributed by atoms with Gasteiger partial charge in [0.1, 0.15) is 11.5 Å². The first-order chi connectivity index (χ1) is 13.0. The molecule has 1 saturated heterocycles.